The molecule has 1 saturated carbocycles. The van der Waals surface area contributed by atoms with Gasteiger partial charge >= 0.3 is 0 Å². The second-order valence-corrected chi connectivity index (χ2v) is 7.00. The summed E-state index contributed by atoms with van der Waals surface area (Å²) in [5.41, 5.74) is 3.22. The lowest BCUT2D eigenvalue weighted by Gasteiger charge is -2.25. The molecule has 0 radical (unpaired) electrons. The molecule has 0 aromatic heterocycles. The minimum atomic E-state index is 0.0397. The van der Waals surface area contributed by atoms with Crippen LogP contribution in [0.3, 0.4) is 0 Å². The van der Waals surface area contributed by atoms with Crippen molar-refractivity contribution in [3.63, 3.8) is 0 Å². The molecule has 4 nitrogen and oxygen atoms in total. The van der Waals surface area contributed by atoms with Crippen LogP contribution in [0.4, 0.5) is 0 Å². The van der Waals surface area contributed by atoms with Gasteiger partial charge in [-0.25, -0.2) is 0 Å². The maximum Gasteiger partial charge on any atom is 0.251 e. The molecule has 25 heavy (non-hydrogen) atoms. The molecule has 1 atom stereocenters. The molecule has 2 aromatic rings. The molecule has 130 valence electrons. The van der Waals surface area contributed by atoms with Crippen molar-refractivity contribution in [1.29, 1.82) is 0 Å². The molecule has 1 heterocycles. The predicted molar refractivity (Wildman–Crippen MR) is 96.3 cm³/mol. The van der Waals surface area contributed by atoms with E-state index in [2.05, 4.69) is 23.5 Å². The van der Waals surface area contributed by atoms with Gasteiger partial charge in [-0.05, 0) is 55.0 Å². The number of fused-ring (bicyclic) bond motifs is 1. The Morgan fingerprint density at radius 1 is 1.20 bits per heavy atom. The summed E-state index contributed by atoms with van der Waals surface area (Å²) in [6.07, 6.45) is 4.18. The first-order valence-electron chi connectivity index (χ1n) is 8.91. The van der Waals surface area contributed by atoms with E-state index in [9.17, 15) is 4.79 Å². The second-order valence-electron chi connectivity index (χ2n) is 7.00. The van der Waals surface area contributed by atoms with E-state index in [4.69, 9.17) is 9.47 Å². The highest BCUT2D eigenvalue weighted by Gasteiger charge is 2.24. The quantitative estimate of drug-likeness (QED) is 0.910. The summed E-state index contributed by atoms with van der Waals surface area (Å²) in [4.78, 5) is 12.0. The van der Waals surface area contributed by atoms with Crippen molar-refractivity contribution in [3.05, 3.63) is 59.2 Å². The number of amides is 1. The van der Waals surface area contributed by atoms with Crippen LogP contribution in [-0.4, -0.2) is 25.7 Å². The third kappa shape index (κ3) is 3.78. The highest BCUT2D eigenvalue weighted by molar-refractivity contribution is 5.94. The van der Waals surface area contributed by atoms with Crippen LogP contribution in [0.2, 0.25) is 0 Å². The summed E-state index contributed by atoms with van der Waals surface area (Å²) in [6.45, 7) is 0.712. The van der Waals surface area contributed by atoms with Gasteiger partial charge in [0.25, 0.3) is 5.91 Å². The lowest BCUT2D eigenvalue weighted by Crippen LogP contribution is -2.25. The summed E-state index contributed by atoms with van der Waals surface area (Å²) in [6, 6.07) is 14.4. The highest BCUT2D eigenvalue weighted by Crippen LogP contribution is 2.32. The van der Waals surface area contributed by atoms with E-state index in [0.717, 1.165) is 42.7 Å². The van der Waals surface area contributed by atoms with Crippen LogP contribution < -0.4 is 14.8 Å². The fraction of sp³-hybridized carbons (Fsp3) is 0.381. The average Bonchev–Trinajstić information content (AvgIpc) is 3.46. The third-order valence-corrected chi connectivity index (χ3v) is 4.91. The number of hydrogen-bond donors (Lipinski definition) is 1. The number of rotatable bonds is 5. The molecule has 1 fully saturated rings. The SMILES string of the molecule is COc1ccc2c(c1)OC[C@H](Cc1ccc(C(=O)NC3CC3)cc1)C2. The Balaban J connectivity index is 1.38. The maximum atomic E-state index is 12.0. The summed E-state index contributed by atoms with van der Waals surface area (Å²) in [7, 11) is 1.67. The van der Waals surface area contributed by atoms with Gasteiger partial charge in [0.2, 0.25) is 0 Å². The van der Waals surface area contributed by atoms with Gasteiger partial charge in [0.1, 0.15) is 11.5 Å². The summed E-state index contributed by atoms with van der Waals surface area (Å²) in [5, 5.41) is 3.02. The monoisotopic (exact) mass is 337 g/mol. The van der Waals surface area contributed by atoms with E-state index in [-0.39, 0.29) is 5.91 Å². The van der Waals surface area contributed by atoms with Crippen LogP contribution in [0.5, 0.6) is 11.5 Å². The molecule has 1 aliphatic heterocycles. The normalized spacial score (nSPS) is 18.8. The Labute approximate surface area is 148 Å². The molecular formula is C21H23NO3. The first-order chi connectivity index (χ1) is 12.2. The molecule has 4 heteroatoms. The molecule has 0 unspecified atom stereocenters. The van der Waals surface area contributed by atoms with Crippen molar-refractivity contribution in [2.75, 3.05) is 13.7 Å². The van der Waals surface area contributed by atoms with Gasteiger partial charge < -0.3 is 14.8 Å². The van der Waals surface area contributed by atoms with Gasteiger partial charge in [-0.2, -0.15) is 0 Å². The number of carbonyl (C=O) groups is 1. The first kappa shape index (κ1) is 16.0. The molecule has 2 aliphatic rings. The predicted octanol–water partition coefficient (Wildman–Crippen LogP) is 3.38. The van der Waals surface area contributed by atoms with Gasteiger partial charge in [-0.3, -0.25) is 4.79 Å². The molecule has 0 saturated heterocycles. The fourth-order valence-electron chi connectivity index (χ4n) is 3.30. The Morgan fingerprint density at radius 3 is 2.72 bits per heavy atom. The molecule has 1 aliphatic carbocycles. The van der Waals surface area contributed by atoms with Crippen molar-refractivity contribution < 1.29 is 14.3 Å². The van der Waals surface area contributed by atoms with Gasteiger partial charge in [-0.1, -0.05) is 18.2 Å². The smallest absolute Gasteiger partial charge is 0.251 e. The minimum Gasteiger partial charge on any atom is -0.497 e. The van der Waals surface area contributed by atoms with Crippen LogP contribution in [0, 0.1) is 5.92 Å². The van der Waals surface area contributed by atoms with E-state index < -0.39 is 0 Å². The van der Waals surface area contributed by atoms with Crippen LogP contribution in [0.1, 0.15) is 34.3 Å². The van der Waals surface area contributed by atoms with Crippen molar-refractivity contribution in [3.8, 4) is 11.5 Å². The number of hydrogen-bond acceptors (Lipinski definition) is 3. The molecule has 1 amide bonds. The van der Waals surface area contributed by atoms with Gasteiger partial charge in [0.05, 0.1) is 13.7 Å². The largest absolute Gasteiger partial charge is 0.497 e. The Bertz CT molecular complexity index is 765. The highest BCUT2D eigenvalue weighted by atomic mass is 16.5. The van der Waals surface area contributed by atoms with E-state index in [1.165, 1.54) is 11.1 Å². The van der Waals surface area contributed by atoms with Crippen molar-refractivity contribution >= 4 is 5.91 Å². The topological polar surface area (TPSA) is 47.6 Å². The maximum absolute atomic E-state index is 12.0. The van der Waals surface area contributed by atoms with Gasteiger partial charge in [0.15, 0.2) is 0 Å². The van der Waals surface area contributed by atoms with E-state index >= 15 is 0 Å². The van der Waals surface area contributed by atoms with Crippen molar-refractivity contribution in [2.24, 2.45) is 5.92 Å². The molecular weight excluding hydrogens is 314 g/mol. The number of carbonyl (C=O) groups excluding carboxylic acids is 1. The molecule has 0 spiro atoms. The van der Waals surface area contributed by atoms with Gasteiger partial charge in [0, 0.05) is 23.6 Å². The fourth-order valence-corrected chi connectivity index (χ4v) is 3.30. The van der Waals surface area contributed by atoms with Crippen LogP contribution >= 0.6 is 0 Å². The Morgan fingerprint density at radius 2 is 2.00 bits per heavy atom. The third-order valence-electron chi connectivity index (χ3n) is 4.91. The lowest BCUT2D eigenvalue weighted by molar-refractivity contribution is 0.0951. The van der Waals surface area contributed by atoms with Crippen LogP contribution in [-0.2, 0) is 12.8 Å². The summed E-state index contributed by atoms with van der Waals surface area (Å²) in [5.74, 6) is 2.25. The Hall–Kier alpha value is -2.49. The second kappa shape index (κ2) is 6.79. The zero-order valence-electron chi connectivity index (χ0n) is 14.5. The van der Waals surface area contributed by atoms with E-state index in [1.807, 2.05) is 24.3 Å². The molecule has 2 aromatic carbocycles. The zero-order valence-corrected chi connectivity index (χ0v) is 14.5. The van der Waals surface area contributed by atoms with Crippen molar-refractivity contribution in [1.82, 2.24) is 5.32 Å². The average molecular weight is 337 g/mol. The number of nitrogens with one attached hydrogen (secondary N) is 1. The lowest BCUT2D eigenvalue weighted by atomic mass is 9.90. The number of ether oxygens (including phenoxy) is 2. The molecule has 1 N–H and O–H groups in total. The van der Waals surface area contributed by atoms with Crippen LogP contribution in [0.25, 0.3) is 0 Å². The van der Waals surface area contributed by atoms with E-state index in [1.54, 1.807) is 7.11 Å². The summed E-state index contributed by atoms with van der Waals surface area (Å²) >= 11 is 0. The molecule has 4 rings (SSSR count). The minimum absolute atomic E-state index is 0.0397. The van der Waals surface area contributed by atoms with Crippen LogP contribution in [0.15, 0.2) is 42.5 Å². The van der Waals surface area contributed by atoms with Gasteiger partial charge in [-0.15, -0.1) is 0 Å². The molecule has 0 bridgehead atoms. The standard InChI is InChI=1S/C21H23NO3/c1-24-19-9-6-17-11-15(13-25-20(17)12-19)10-14-2-4-16(5-3-14)21(23)22-18-7-8-18/h2-6,9,12,15,18H,7-8,10-11,13H2,1H3,(H,22,23)/t15-/m1/s1. The first-order valence-corrected chi connectivity index (χ1v) is 8.91. The number of benzene rings is 2. The number of methoxy groups -OCH3 is 1. The Kier molecular flexibility index (Phi) is 4.35. The zero-order chi connectivity index (χ0) is 17.2. The summed E-state index contributed by atoms with van der Waals surface area (Å²) < 4.78 is 11.2. The van der Waals surface area contributed by atoms with E-state index in [0.29, 0.717) is 18.6 Å². The van der Waals surface area contributed by atoms with Crippen molar-refractivity contribution in [2.45, 2.75) is 31.7 Å².